The van der Waals surface area contributed by atoms with Gasteiger partial charge in [-0.3, -0.25) is 9.00 Å². The molecule has 198 valence electrons. The number of aliphatic imine (C=N–C) groups is 1. The topological polar surface area (TPSA) is 59.0 Å². The molecule has 37 heavy (non-hydrogen) atoms. The van der Waals surface area contributed by atoms with Crippen molar-refractivity contribution >= 4 is 21.8 Å². The fourth-order valence-corrected chi connectivity index (χ4v) is 5.63. The van der Waals surface area contributed by atoms with Gasteiger partial charge in [-0.1, -0.05) is 26.0 Å². The van der Waals surface area contributed by atoms with E-state index in [-0.39, 0.29) is 28.5 Å². The lowest BCUT2D eigenvalue weighted by Gasteiger charge is -2.29. The largest absolute Gasteiger partial charge is 0.457 e. The Morgan fingerprint density at radius 2 is 1.81 bits per heavy atom. The van der Waals surface area contributed by atoms with E-state index in [4.69, 9.17) is 4.74 Å². The second-order valence-corrected chi connectivity index (χ2v) is 11.1. The highest BCUT2D eigenvalue weighted by atomic mass is 32.2. The number of nitrogens with zero attached hydrogens (tertiary/aromatic N) is 2. The van der Waals surface area contributed by atoms with E-state index in [2.05, 4.69) is 4.99 Å². The molecule has 4 rings (SSSR count). The van der Waals surface area contributed by atoms with Crippen LogP contribution in [0, 0.1) is 11.7 Å². The van der Waals surface area contributed by atoms with Gasteiger partial charge in [0.05, 0.1) is 16.4 Å². The molecule has 1 aliphatic heterocycles. The fourth-order valence-electron chi connectivity index (χ4n) is 4.07. The summed E-state index contributed by atoms with van der Waals surface area (Å²) in [6.07, 6.45) is -0.768. The zero-order valence-corrected chi connectivity index (χ0v) is 21.6. The highest BCUT2D eigenvalue weighted by Gasteiger charge is 2.35. The number of allylic oxidation sites excluding steroid dienone is 1. The number of benzene rings is 2. The number of amides is 1. The van der Waals surface area contributed by atoms with Crippen molar-refractivity contribution < 1.29 is 31.3 Å². The minimum absolute atomic E-state index is 0.0390. The molecule has 1 unspecified atom stereocenters. The van der Waals surface area contributed by atoms with Gasteiger partial charge in [0.1, 0.15) is 28.1 Å². The van der Waals surface area contributed by atoms with Gasteiger partial charge in [-0.15, -0.1) is 0 Å². The van der Waals surface area contributed by atoms with Crippen molar-refractivity contribution in [2.24, 2.45) is 10.9 Å². The first-order chi connectivity index (χ1) is 17.5. The lowest BCUT2D eigenvalue weighted by molar-refractivity contribution is -0.140. The Labute approximate surface area is 215 Å². The summed E-state index contributed by atoms with van der Waals surface area (Å²) in [4.78, 5) is 19.5. The van der Waals surface area contributed by atoms with Gasteiger partial charge in [0.25, 0.3) is 5.91 Å². The van der Waals surface area contributed by atoms with Crippen molar-refractivity contribution in [1.82, 2.24) is 4.90 Å². The number of hydrogen-bond donors (Lipinski definition) is 0. The summed E-state index contributed by atoms with van der Waals surface area (Å²) in [5.41, 5.74) is 0.748. The molecule has 2 aromatic rings. The van der Waals surface area contributed by atoms with Crippen LogP contribution in [0.2, 0.25) is 0 Å². The van der Waals surface area contributed by atoms with Crippen LogP contribution in [0.15, 0.2) is 53.2 Å². The molecule has 1 aliphatic carbocycles. The molecule has 1 fully saturated rings. The predicted molar refractivity (Wildman–Crippen MR) is 134 cm³/mol. The molecule has 0 radical (unpaired) electrons. The summed E-state index contributed by atoms with van der Waals surface area (Å²) in [5.74, 6) is -1.36. The third kappa shape index (κ3) is 6.29. The van der Waals surface area contributed by atoms with Crippen LogP contribution in [-0.4, -0.2) is 31.9 Å². The van der Waals surface area contributed by atoms with E-state index in [1.165, 1.54) is 0 Å². The smallest absolute Gasteiger partial charge is 0.419 e. The lowest BCUT2D eigenvalue weighted by Crippen LogP contribution is -2.37. The van der Waals surface area contributed by atoms with Gasteiger partial charge < -0.3 is 9.64 Å². The Kier molecular flexibility index (Phi) is 7.87. The number of rotatable bonds is 6. The van der Waals surface area contributed by atoms with E-state index in [0.29, 0.717) is 42.4 Å². The maximum absolute atomic E-state index is 13.9. The molecule has 0 bridgehead atoms. The van der Waals surface area contributed by atoms with Crippen LogP contribution in [0.4, 0.5) is 17.6 Å². The van der Waals surface area contributed by atoms with Crippen LogP contribution in [0.25, 0.3) is 0 Å². The van der Waals surface area contributed by atoms with Crippen molar-refractivity contribution in [3.8, 4) is 11.5 Å². The van der Waals surface area contributed by atoms with E-state index in [1.807, 2.05) is 13.8 Å². The Hall–Kier alpha value is -3.01. The summed E-state index contributed by atoms with van der Waals surface area (Å²) in [7, 11) is -1.19. The lowest BCUT2D eigenvalue weighted by atomic mass is 9.99. The number of carbonyl (C=O) groups excluding carboxylic acids is 1. The van der Waals surface area contributed by atoms with Crippen molar-refractivity contribution in [1.29, 1.82) is 0 Å². The fraction of sp³-hybridized carbons (Fsp3) is 0.407. The molecule has 1 atom stereocenters. The van der Waals surface area contributed by atoms with Gasteiger partial charge in [0, 0.05) is 30.3 Å². The average Bonchev–Trinajstić information content (AvgIpc) is 3.68. The first-order valence-corrected chi connectivity index (χ1v) is 13.3. The Bertz CT molecular complexity index is 1280. The van der Waals surface area contributed by atoms with Crippen LogP contribution < -0.4 is 4.74 Å². The van der Waals surface area contributed by atoms with Crippen LogP contribution in [0.1, 0.15) is 50.3 Å². The number of hydrogen-bond acceptors (Lipinski definition) is 4. The van der Waals surface area contributed by atoms with Crippen LogP contribution in [0.5, 0.6) is 11.5 Å². The Balaban J connectivity index is 1.46. The first-order valence-electron chi connectivity index (χ1n) is 12.1. The Morgan fingerprint density at radius 1 is 1.14 bits per heavy atom. The SMILES string of the molecule is C/C=C(\N=C(C(C)C)S(=O)C1CC1)C(=O)N1CCc2cc(Oc3ccc(C(F)(F)F)c(F)c3)ccc2C1. The van der Waals surface area contributed by atoms with Crippen LogP contribution >= 0.6 is 0 Å². The maximum atomic E-state index is 13.9. The minimum atomic E-state index is -4.78. The van der Waals surface area contributed by atoms with Gasteiger partial charge >= 0.3 is 6.18 Å². The maximum Gasteiger partial charge on any atom is 0.419 e. The van der Waals surface area contributed by atoms with E-state index >= 15 is 0 Å². The number of halogens is 4. The summed E-state index contributed by atoms with van der Waals surface area (Å²) in [6, 6.07) is 7.60. The minimum Gasteiger partial charge on any atom is -0.457 e. The molecule has 2 aliphatic rings. The number of alkyl halides is 3. The monoisotopic (exact) mass is 536 g/mol. The molecular weight excluding hydrogens is 508 g/mol. The molecule has 0 saturated heterocycles. The van der Waals surface area contributed by atoms with Gasteiger partial charge in [0.15, 0.2) is 0 Å². The highest BCUT2D eigenvalue weighted by molar-refractivity contribution is 8.01. The van der Waals surface area contributed by atoms with Gasteiger partial charge in [-0.2, -0.15) is 13.2 Å². The van der Waals surface area contributed by atoms with E-state index in [0.717, 1.165) is 30.0 Å². The second-order valence-electron chi connectivity index (χ2n) is 9.42. The molecular formula is C27H28F4N2O3S. The van der Waals surface area contributed by atoms with Crippen molar-refractivity contribution in [2.45, 2.75) is 58.0 Å². The normalized spacial score (nSPS) is 17.6. The van der Waals surface area contributed by atoms with Crippen LogP contribution in [0.3, 0.4) is 0 Å². The second kappa shape index (κ2) is 10.8. The summed E-state index contributed by atoms with van der Waals surface area (Å²) in [6.45, 7) is 6.36. The summed E-state index contributed by atoms with van der Waals surface area (Å²) >= 11 is 0. The third-order valence-corrected chi connectivity index (χ3v) is 8.26. The summed E-state index contributed by atoms with van der Waals surface area (Å²) < 4.78 is 70.6. The van der Waals surface area contributed by atoms with Gasteiger partial charge in [0.2, 0.25) is 0 Å². The average molecular weight is 537 g/mol. The van der Waals surface area contributed by atoms with Crippen molar-refractivity contribution in [3.63, 3.8) is 0 Å². The zero-order chi connectivity index (χ0) is 26.9. The van der Waals surface area contributed by atoms with Crippen LogP contribution in [-0.2, 0) is 34.7 Å². The molecule has 1 amide bonds. The molecule has 0 spiro atoms. The quantitative estimate of drug-likeness (QED) is 0.186. The van der Waals surface area contributed by atoms with Gasteiger partial charge in [-0.05, 0) is 61.6 Å². The number of carbonyl (C=O) groups is 1. The van der Waals surface area contributed by atoms with E-state index < -0.39 is 28.4 Å². The van der Waals surface area contributed by atoms with Gasteiger partial charge in [-0.25, -0.2) is 9.38 Å². The van der Waals surface area contributed by atoms with Crippen molar-refractivity contribution in [3.05, 3.63) is 70.7 Å². The van der Waals surface area contributed by atoms with E-state index in [9.17, 15) is 26.6 Å². The number of ether oxygens (including phenoxy) is 1. The standard InChI is InChI=1S/C27H28F4N2O3S/c1-4-24(32-25(16(2)3)37(35)21-8-9-21)26(34)33-12-11-17-13-19(6-5-18(17)15-33)36-20-7-10-22(23(28)14-20)27(29,30)31/h4-7,10,13-14,16,21H,8-9,11-12,15H2,1-3H3/b24-4-,32-25?. The molecule has 0 aromatic heterocycles. The highest BCUT2D eigenvalue weighted by Crippen LogP contribution is 2.35. The Morgan fingerprint density at radius 3 is 2.41 bits per heavy atom. The molecule has 0 N–H and O–H groups in total. The number of fused-ring (bicyclic) bond motifs is 1. The molecule has 1 saturated carbocycles. The molecule has 10 heteroatoms. The summed E-state index contributed by atoms with van der Waals surface area (Å²) in [5, 5.41) is 0.676. The van der Waals surface area contributed by atoms with E-state index in [1.54, 1.807) is 36.1 Å². The molecule has 1 heterocycles. The molecule has 2 aromatic carbocycles. The third-order valence-electron chi connectivity index (χ3n) is 6.21. The molecule has 5 nitrogen and oxygen atoms in total. The zero-order valence-electron chi connectivity index (χ0n) is 20.8. The predicted octanol–water partition coefficient (Wildman–Crippen LogP) is 6.39. The van der Waals surface area contributed by atoms with Crippen molar-refractivity contribution in [2.75, 3.05) is 6.54 Å². The first kappa shape index (κ1) is 27.0.